The van der Waals surface area contributed by atoms with Crippen LogP contribution >= 0.6 is 11.6 Å². The molecule has 1 saturated heterocycles. The van der Waals surface area contributed by atoms with E-state index < -0.39 is 0 Å². The van der Waals surface area contributed by atoms with E-state index in [0.717, 1.165) is 29.4 Å². The van der Waals surface area contributed by atoms with Gasteiger partial charge in [0.25, 0.3) is 5.91 Å². The molecule has 0 bridgehead atoms. The number of amides is 1. The topological polar surface area (TPSA) is 51.2 Å². The predicted octanol–water partition coefficient (Wildman–Crippen LogP) is 3.64. The largest absolute Gasteiger partial charge is 0.493 e. The third-order valence-corrected chi connectivity index (χ3v) is 5.48. The molecule has 1 amide bonds. The lowest BCUT2D eigenvalue weighted by molar-refractivity contribution is 0.0746. The van der Waals surface area contributed by atoms with Gasteiger partial charge in [-0.3, -0.25) is 4.79 Å². The molecule has 150 valence electrons. The number of hydrogen-bond acceptors (Lipinski definition) is 5. The molecule has 0 N–H and O–H groups in total. The summed E-state index contributed by atoms with van der Waals surface area (Å²) < 4.78 is 16.0. The van der Waals surface area contributed by atoms with Crippen molar-refractivity contribution < 1.29 is 19.0 Å². The Hall–Kier alpha value is -2.60. The Balaban J connectivity index is 1.76. The van der Waals surface area contributed by atoms with Crippen molar-refractivity contribution in [1.29, 1.82) is 0 Å². The first-order valence-corrected chi connectivity index (χ1v) is 9.47. The summed E-state index contributed by atoms with van der Waals surface area (Å²) in [5.41, 5.74) is 2.58. The quantitative estimate of drug-likeness (QED) is 0.761. The second-order valence-electron chi connectivity index (χ2n) is 6.60. The number of piperazine rings is 1. The minimum Gasteiger partial charge on any atom is -0.493 e. The van der Waals surface area contributed by atoms with Crippen LogP contribution in [0, 0.1) is 6.92 Å². The average Bonchev–Trinajstić information content (AvgIpc) is 2.74. The second-order valence-corrected chi connectivity index (χ2v) is 6.98. The van der Waals surface area contributed by atoms with Crippen LogP contribution in [-0.4, -0.2) is 58.3 Å². The first kappa shape index (κ1) is 20.1. The number of rotatable bonds is 5. The van der Waals surface area contributed by atoms with Gasteiger partial charge in [-0.1, -0.05) is 23.7 Å². The van der Waals surface area contributed by atoms with Gasteiger partial charge in [-0.25, -0.2) is 0 Å². The number of benzene rings is 2. The number of ether oxygens (including phenoxy) is 3. The summed E-state index contributed by atoms with van der Waals surface area (Å²) in [4.78, 5) is 17.1. The van der Waals surface area contributed by atoms with Crippen molar-refractivity contribution in [1.82, 2.24) is 4.90 Å². The Labute approximate surface area is 170 Å². The molecule has 0 unspecified atom stereocenters. The molecule has 0 radical (unpaired) electrons. The molecular formula is C21H25ClN2O4. The molecule has 7 heteroatoms. The molecule has 3 rings (SSSR count). The fourth-order valence-electron chi connectivity index (χ4n) is 3.41. The summed E-state index contributed by atoms with van der Waals surface area (Å²) in [6, 6.07) is 9.40. The summed E-state index contributed by atoms with van der Waals surface area (Å²) >= 11 is 6.45. The van der Waals surface area contributed by atoms with Crippen LogP contribution in [-0.2, 0) is 0 Å². The van der Waals surface area contributed by atoms with Crippen molar-refractivity contribution in [3.8, 4) is 17.2 Å². The van der Waals surface area contributed by atoms with E-state index in [2.05, 4.69) is 4.90 Å². The molecule has 2 aromatic carbocycles. The third kappa shape index (κ3) is 3.83. The van der Waals surface area contributed by atoms with Crippen LogP contribution < -0.4 is 19.1 Å². The normalized spacial score (nSPS) is 14.0. The lowest BCUT2D eigenvalue weighted by Crippen LogP contribution is -2.48. The number of halogens is 1. The Morgan fingerprint density at radius 1 is 0.964 bits per heavy atom. The van der Waals surface area contributed by atoms with Gasteiger partial charge >= 0.3 is 0 Å². The number of carbonyl (C=O) groups excluding carboxylic acids is 1. The Morgan fingerprint density at radius 2 is 1.57 bits per heavy atom. The van der Waals surface area contributed by atoms with Gasteiger partial charge in [0.15, 0.2) is 11.5 Å². The molecule has 0 aromatic heterocycles. The van der Waals surface area contributed by atoms with E-state index in [1.165, 1.54) is 21.3 Å². The molecule has 1 aliphatic rings. The molecule has 1 aliphatic heterocycles. The van der Waals surface area contributed by atoms with E-state index in [4.69, 9.17) is 25.8 Å². The van der Waals surface area contributed by atoms with Crippen LogP contribution in [0.3, 0.4) is 0 Å². The predicted molar refractivity (Wildman–Crippen MR) is 110 cm³/mol. The summed E-state index contributed by atoms with van der Waals surface area (Å²) in [6.45, 7) is 4.66. The Kier molecular flexibility index (Phi) is 6.19. The highest BCUT2D eigenvalue weighted by Crippen LogP contribution is 2.38. The molecule has 0 atom stereocenters. The van der Waals surface area contributed by atoms with E-state index in [1.54, 1.807) is 12.1 Å². The number of methoxy groups -OCH3 is 3. The minimum atomic E-state index is -0.0609. The van der Waals surface area contributed by atoms with E-state index in [0.29, 0.717) is 35.9 Å². The molecule has 1 heterocycles. The van der Waals surface area contributed by atoms with Gasteiger partial charge in [0, 0.05) is 31.7 Å². The van der Waals surface area contributed by atoms with E-state index >= 15 is 0 Å². The zero-order chi connectivity index (χ0) is 20.3. The number of anilines is 1. The van der Waals surface area contributed by atoms with Gasteiger partial charge in [0.2, 0.25) is 5.75 Å². The molecule has 0 aliphatic carbocycles. The summed E-state index contributed by atoms with van der Waals surface area (Å²) in [5.74, 6) is 1.35. The zero-order valence-electron chi connectivity index (χ0n) is 16.6. The standard InChI is InChI=1S/C21H25ClN2O4/c1-14-6-5-7-16(19(14)22)23-8-10-24(11-9-23)21(25)15-12-17(26-2)20(28-4)18(13-15)27-3/h5-7,12-13H,8-11H2,1-4H3. The van der Waals surface area contributed by atoms with Crippen molar-refractivity contribution >= 4 is 23.2 Å². The fourth-order valence-corrected chi connectivity index (χ4v) is 3.66. The number of hydrogen-bond donors (Lipinski definition) is 0. The van der Waals surface area contributed by atoms with Crippen LogP contribution in [0.15, 0.2) is 30.3 Å². The van der Waals surface area contributed by atoms with Crippen LogP contribution in [0.4, 0.5) is 5.69 Å². The summed E-state index contributed by atoms with van der Waals surface area (Å²) in [6.07, 6.45) is 0. The van der Waals surface area contributed by atoms with E-state index in [1.807, 2.05) is 30.0 Å². The lowest BCUT2D eigenvalue weighted by Gasteiger charge is -2.36. The first-order valence-electron chi connectivity index (χ1n) is 9.09. The van der Waals surface area contributed by atoms with Crippen molar-refractivity contribution in [3.05, 3.63) is 46.5 Å². The summed E-state index contributed by atoms with van der Waals surface area (Å²) in [5, 5.41) is 0.770. The van der Waals surface area contributed by atoms with Crippen LogP contribution in [0.2, 0.25) is 5.02 Å². The van der Waals surface area contributed by atoms with Gasteiger partial charge < -0.3 is 24.0 Å². The SMILES string of the molecule is COc1cc(C(=O)N2CCN(c3cccc(C)c3Cl)CC2)cc(OC)c1OC. The number of carbonyl (C=O) groups is 1. The minimum absolute atomic E-state index is 0.0609. The smallest absolute Gasteiger partial charge is 0.254 e. The van der Waals surface area contributed by atoms with E-state index in [-0.39, 0.29) is 5.91 Å². The molecule has 0 saturated carbocycles. The van der Waals surface area contributed by atoms with Crippen molar-refractivity contribution in [2.75, 3.05) is 52.4 Å². The lowest BCUT2D eigenvalue weighted by atomic mass is 10.1. The highest BCUT2D eigenvalue weighted by Gasteiger charge is 2.25. The fraction of sp³-hybridized carbons (Fsp3) is 0.381. The monoisotopic (exact) mass is 404 g/mol. The Morgan fingerprint density at radius 3 is 2.11 bits per heavy atom. The second kappa shape index (κ2) is 8.61. The van der Waals surface area contributed by atoms with Crippen molar-refractivity contribution in [3.63, 3.8) is 0 Å². The van der Waals surface area contributed by atoms with Crippen molar-refractivity contribution in [2.45, 2.75) is 6.92 Å². The van der Waals surface area contributed by atoms with Crippen LogP contribution in [0.1, 0.15) is 15.9 Å². The van der Waals surface area contributed by atoms with Gasteiger partial charge in [-0.15, -0.1) is 0 Å². The Bertz CT molecular complexity index is 838. The maximum Gasteiger partial charge on any atom is 0.254 e. The number of nitrogens with zero attached hydrogens (tertiary/aromatic N) is 2. The van der Waals surface area contributed by atoms with Gasteiger partial charge in [0.1, 0.15) is 0 Å². The first-order chi connectivity index (χ1) is 13.5. The van der Waals surface area contributed by atoms with Gasteiger partial charge in [0.05, 0.1) is 32.0 Å². The maximum atomic E-state index is 13.0. The van der Waals surface area contributed by atoms with Gasteiger partial charge in [-0.05, 0) is 30.7 Å². The molecule has 28 heavy (non-hydrogen) atoms. The summed E-state index contributed by atoms with van der Waals surface area (Å²) in [7, 11) is 4.61. The molecule has 0 spiro atoms. The zero-order valence-corrected chi connectivity index (χ0v) is 17.4. The van der Waals surface area contributed by atoms with Crippen LogP contribution in [0.25, 0.3) is 0 Å². The average molecular weight is 405 g/mol. The molecule has 6 nitrogen and oxygen atoms in total. The van der Waals surface area contributed by atoms with E-state index in [9.17, 15) is 4.79 Å². The maximum absolute atomic E-state index is 13.0. The highest BCUT2D eigenvalue weighted by molar-refractivity contribution is 6.34. The van der Waals surface area contributed by atoms with Crippen molar-refractivity contribution in [2.24, 2.45) is 0 Å². The van der Waals surface area contributed by atoms with Gasteiger partial charge in [-0.2, -0.15) is 0 Å². The third-order valence-electron chi connectivity index (χ3n) is 4.99. The molecule has 1 fully saturated rings. The molecular weight excluding hydrogens is 380 g/mol. The highest BCUT2D eigenvalue weighted by atomic mass is 35.5. The number of aryl methyl sites for hydroxylation is 1. The van der Waals surface area contributed by atoms with Crippen LogP contribution in [0.5, 0.6) is 17.2 Å². The molecule has 2 aromatic rings.